The molecule has 1 aliphatic rings. The van der Waals surface area contributed by atoms with Gasteiger partial charge in [-0.3, -0.25) is 15.1 Å². The first-order valence-corrected chi connectivity index (χ1v) is 9.65. The van der Waals surface area contributed by atoms with E-state index in [1.54, 1.807) is 54.7 Å². The maximum Gasteiger partial charge on any atom is 0.293 e. The molecule has 0 spiro atoms. The van der Waals surface area contributed by atoms with Crippen LogP contribution in [0.25, 0.3) is 11.3 Å². The summed E-state index contributed by atoms with van der Waals surface area (Å²) in [6.45, 7) is 3.27. The summed E-state index contributed by atoms with van der Waals surface area (Å²) in [5.41, 5.74) is 2.03. The van der Waals surface area contributed by atoms with Crippen LogP contribution in [0.3, 0.4) is 0 Å². The highest BCUT2D eigenvalue weighted by molar-refractivity contribution is 5.80. The Morgan fingerprint density at radius 1 is 1.07 bits per heavy atom. The predicted octanol–water partition coefficient (Wildman–Crippen LogP) is 4.06. The van der Waals surface area contributed by atoms with Crippen LogP contribution in [-0.2, 0) is 0 Å². The second-order valence-electron chi connectivity index (χ2n) is 7.23. The molecule has 1 N–H and O–H groups in total. The number of nitro groups is 1. The normalized spacial score (nSPS) is 15.0. The number of hydrogen-bond donors (Lipinski definition) is 1. The number of benzene rings is 2. The van der Waals surface area contributed by atoms with Crippen LogP contribution in [0, 0.1) is 10.1 Å². The second kappa shape index (κ2) is 8.38. The number of hydrogen-bond acceptors (Lipinski definition) is 7. The zero-order chi connectivity index (χ0) is 21.1. The monoisotopic (exact) mass is 406 g/mol. The molecule has 1 saturated heterocycles. The predicted molar refractivity (Wildman–Crippen MR) is 116 cm³/mol. The summed E-state index contributed by atoms with van der Waals surface area (Å²) >= 11 is 0. The molecule has 0 atom stereocenters. The van der Waals surface area contributed by atoms with Crippen LogP contribution in [0.2, 0.25) is 0 Å². The fraction of sp³-hybridized carbons (Fsp3) is 0.227. The molecule has 30 heavy (non-hydrogen) atoms. The molecule has 0 aliphatic carbocycles. The highest BCUT2D eigenvalue weighted by Gasteiger charge is 2.23. The lowest BCUT2D eigenvalue weighted by Crippen LogP contribution is -2.44. The molecule has 0 bridgehead atoms. The standard InChI is InChI=1S/C22H22N4O4/c1-24-10-12-25(13-11-24)20-8-2-16(14-21(20)26(28)29)22-9-7-19(30-22)15-23-17-3-5-18(27)6-4-17/h2-9,14-15,27H,10-13H2,1H3. The average Bonchev–Trinajstić information content (AvgIpc) is 3.22. The van der Waals surface area contributed by atoms with Crippen molar-refractivity contribution in [2.45, 2.75) is 0 Å². The number of rotatable bonds is 5. The van der Waals surface area contributed by atoms with Gasteiger partial charge in [0.1, 0.15) is 23.0 Å². The molecule has 154 valence electrons. The number of piperazine rings is 1. The molecule has 8 heteroatoms. The average molecular weight is 406 g/mol. The molecule has 1 fully saturated rings. The summed E-state index contributed by atoms with van der Waals surface area (Å²) in [4.78, 5) is 19.9. The van der Waals surface area contributed by atoms with Gasteiger partial charge in [-0.1, -0.05) is 0 Å². The number of nitro benzene ring substituents is 1. The number of likely N-dealkylation sites (N-methyl/N-ethyl adjacent to an activating group) is 1. The minimum atomic E-state index is -0.340. The molecule has 1 aromatic heterocycles. The number of anilines is 1. The van der Waals surface area contributed by atoms with E-state index in [1.165, 1.54) is 0 Å². The van der Waals surface area contributed by atoms with Gasteiger partial charge in [0.05, 0.1) is 16.8 Å². The third kappa shape index (κ3) is 4.33. The molecule has 4 rings (SSSR count). The molecule has 0 saturated carbocycles. The van der Waals surface area contributed by atoms with Gasteiger partial charge in [0.25, 0.3) is 5.69 Å². The molecule has 1 aliphatic heterocycles. The van der Waals surface area contributed by atoms with Crippen molar-refractivity contribution in [2.24, 2.45) is 4.99 Å². The summed E-state index contributed by atoms with van der Waals surface area (Å²) < 4.78 is 5.81. The van der Waals surface area contributed by atoms with Crippen molar-refractivity contribution in [3.05, 3.63) is 70.5 Å². The van der Waals surface area contributed by atoms with Crippen LogP contribution >= 0.6 is 0 Å². The minimum Gasteiger partial charge on any atom is -0.508 e. The van der Waals surface area contributed by atoms with Gasteiger partial charge in [-0.2, -0.15) is 0 Å². The lowest BCUT2D eigenvalue weighted by atomic mass is 10.1. The van der Waals surface area contributed by atoms with E-state index in [-0.39, 0.29) is 16.4 Å². The van der Waals surface area contributed by atoms with Crippen molar-refractivity contribution in [1.82, 2.24) is 4.90 Å². The summed E-state index contributed by atoms with van der Waals surface area (Å²) in [5, 5.41) is 21.0. The largest absolute Gasteiger partial charge is 0.508 e. The second-order valence-corrected chi connectivity index (χ2v) is 7.23. The molecule has 3 aromatic rings. The van der Waals surface area contributed by atoms with E-state index < -0.39 is 0 Å². The first-order chi connectivity index (χ1) is 14.5. The van der Waals surface area contributed by atoms with E-state index in [9.17, 15) is 15.2 Å². The van der Waals surface area contributed by atoms with Gasteiger partial charge >= 0.3 is 0 Å². The van der Waals surface area contributed by atoms with E-state index in [2.05, 4.69) is 14.8 Å². The highest BCUT2D eigenvalue weighted by Crippen LogP contribution is 2.34. The lowest BCUT2D eigenvalue weighted by molar-refractivity contribution is -0.384. The number of nitrogens with zero attached hydrogens (tertiary/aromatic N) is 4. The number of aromatic hydroxyl groups is 1. The first-order valence-electron chi connectivity index (χ1n) is 9.65. The van der Waals surface area contributed by atoms with Gasteiger partial charge in [0.15, 0.2) is 0 Å². The molecule has 2 heterocycles. The van der Waals surface area contributed by atoms with E-state index in [1.807, 2.05) is 13.1 Å². The van der Waals surface area contributed by atoms with Gasteiger partial charge in [0.2, 0.25) is 0 Å². The topological polar surface area (TPSA) is 95.3 Å². The smallest absolute Gasteiger partial charge is 0.293 e. The molecule has 0 unspecified atom stereocenters. The lowest BCUT2D eigenvalue weighted by Gasteiger charge is -2.33. The van der Waals surface area contributed by atoms with Crippen molar-refractivity contribution in [3.63, 3.8) is 0 Å². The zero-order valence-corrected chi connectivity index (χ0v) is 16.6. The molecule has 8 nitrogen and oxygen atoms in total. The van der Waals surface area contributed by atoms with E-state index in [4.69, 9.17) is 4.42 Å². The van der Waals surface area contributed by atoms with E-state index in [0.29, 0.717) is 28.5 Å². The fourth-order valence-electron chi connectivity index (χ4n) is 3.39. The summed E-state index contributed by atoms with van der Waals surface area (Å²) in [7, 11) is 2.05. The maximum absolute atomic E-state index is 11.7. The van der Waals surface area contributed by atoms with Gasteiger partial charge in [0, 0.05) is 37.8 Å². The SMILES string of the molecule is CN1CCN(c2ccc(-c3ccc(C=Nc4ccc(O)cc4)o3)cc2[N+](=O)[O-])CC1. The van der Waals surface area contributed by atoms with Crippen molar-refractivity contribution in [2.75, 3.05) is 38.1 Å². The first kappa shape index (κ1) is 19.7. The number of furan rings is 1. The Hall–Kier alpha value is -3.65. The Kier molecular flexibility index (Phi) is 5.49. The van der Waals surface area contributed by atoms with Gasteiger partial charge in [-0.15, -0.1) is 0 Å². The zero-order valence-electron chi connectivity index (χ0n) is 16.6. The minimum absolute atomic E-state index is 0.0766. The van der Waals surface area contributed by atoms with E-state index in [0.717, 1.165) is 26.2 Å². The van der Waals surface area contributed by atoms with Crippen molar-refractivity contribution in [1.29, 1.82) is 0 Å². The third-order valence-electron chi connectivity index (χ3n) is 5.12. The molecular weight excluding hydrogens is 384 g/mol. The Morgan fingerprint density at radius 2 is 1.80 bits per heavy atom. The maximum atomic E-state index is 11.7. The third-order valence-corrected chi connectivity index (χ3v) is 5.12. The number of phenols is 1. The number of aliphatic imine (C=N–C) groups is 1. The van der Waals surface area contributed by atoms with Crippen LogP contribution in [0.5, 0.6) is 5.75 Å². The Labute approximate surface area is 173 Å². The van der Waals surface area contributed by atoms with Crippen LogP contribution in [0.1, 0.15) is 5.76 Å². The van der Waals surface area contributed by atoms with Crippen molar-refractivity contribution >= 4 is 23.3 Å². The molecule has 0 radical (unpaired) electrons. The molecule has 2 aromatic carbocycles. The summed E-state index contributed by atoms with van der Waals surface area (Å²) in [6, 6.07) is 15.2. The van der Waals surface area contributed by atoms with Gasteiger partial charge < -0.3 is 19.3 Å². The van der Waals surface area contributed by atoms with Crippen LogP contribution in [0.15, 0.2) is 64.0 Å². The summed E-state index contributed by atoms with van der Waals surface area (Å²) in [5.74, 6) is 1.25. The molecular formula is C22H22N4O4. The Bertz CT molecular complexity index is 1070. The molecule has 0 amide bonds. The van der Waals surface area contributed by atoms with Crippen LogP contribution < -0.4 is 4.90 Å². The Morgan fingerprint density at radius 3 is 2.50 bits per heavy atom. The highest BCUT2D eigenvalue weighted by atomic mass is 16.6. The quantitative estimate of drug-likeness (QED) is 0.390. The van der Waals surface area contributed by atoms with Crippen molar-refractivity contribution in [3.8, 4) is 17.1 Å². The van der Waals surface area contributed by atoms with E-state index >= 15 is 0 Å². The van der Waals surface area contributed by atoms with Gasteiger partial charge in [-0.05, 0) is 55.6 Å². The van der Waals surface area contributed by atoms with Gasteiger partial charge in [-0.25, -0.2) is 0 Å². The Balaban J connectivity index is 1.56. The summed E-state index contributed by atoms with van der Waals surface area (Å²) in [6.07, 6.45) is 1.57. The fourth-order valence-corrected chi connectivity index (χ4v) is 3.39. The van der Waals surface area contributed by atoms with Crippen molar-refractivity contribution < 1.29 is 14.4 Å². The van der Waals surface area contributed by atoms with Crippen LogP contribution in [0.4, 0.5) is 17.1 Å². The number of phenolic OH excluding ortho intramolecular Hbond substituents is 1. The van der Waals surface area contributed by atoms with Crippen LogP contribution in [-0.4, -0.2) is 54.4 Å².